The minimum absolute atomic E-state index is 0.107. The molecule has 0 aliphatic carbocycles. The number of nitrogens with zero attached hydrogens (tertiary/aromatic N) is 3. The number of benzene rings is 1. The van der Waals surface area contributed by atoms with Crippen molar-refractivity contribution in [1.82, 2.24) is 20.0 Å². The summed E-state index contributed by atoms with van der Waals surface area (Å²) in [5.41, 5.74) is 2.27. The first-order valence-electron chi connectivity index (χ1n) is 8.56. The number of thiocarbonyl (C=S) groups is 1. The molecule has 27 heavy (non-hydrogen) atoms. The van der Waals surface area contributed by atoms with Crippen LogP contribution in [-0.2, 0) is 11.3 Å². The van der Waals surface area contributed by atoms with Gasteiger partial charge in [-0.3, -0.25) is 14.4 Å². The number of methoxy groups -OCH3 is 1. The van der Waals surface area contributed by atoms with Crippen LogP contribution in [0.4, 0.5) is 0 Å². The van der Waals surface area contributed by atoms with Crippen molar-refractivity contribution in [1.29, 1.82) is 0 Å². The number of hydrogen-bond acceptors (Lipinski definition) is 4. The molecule has 0 bridgehead atoms. The highest BCUT2D eigenvalue weighted by atomic mass is 35.5. The molecule has 6 nitrogen and oxygen atoms in total. The maximum atomic E-state index is 12.6. The second-order valence-electron chi connectivity index (χ2n) is 6.73. The average molecular weight is 405 g/mol. The summed E-state index contributed by atoms with van der Waals surface area (Å²) < 4.78 is 7.17. The molecule has 1 amide bonds. The Morgan fingerprint density at radius 3 is 2.81 bits per heavy atom. The highest BCUT2D eigenvalue weighted by molar-refractivity contribution is 7.80. The van der Waals surface area contributed by atoms with Gasteiger partial charge in [0.05, 0.1) is 24.9 Å². The summed E-state index contributed by atoms with van der Waals surface area (Å²) in [5.74, 6) is 0.970. The molecule has 1 aliphatic rings. The average Bonchev–Trinajstić information content (AvgIpc) is 3.13. The molecule has 8 heteroatoms. The Morgan fingerprint density at radius 1 is 1.41 bits per heavy atom. The molecule has 1 saturated heterocycles. The van der Waals surface area contributed by atoms with Gasteiger partial charge in [0.15, 0.2) is 5.11 Å². The molecule has 1 aromatic heterocycles. The fourth-order valence-electron chi connectivity index (χ4n) is 2.88. The number of carbonyl (C=O) groups excluding carboxylic acids is 1. The number of ether oxygens (including phenoxy) is 1. The topological polar surface area (TPSA) is 59.4 Å². The number of carbonyl (C=O) groups is 1. The van der Waals surface area contributed by atoms with Gasteiger partial charge in [0.2, 0.25) is 0 Å². The van der Waals surface area contributed by atoms with E-state index in [1.165, 1.54) is 0 Å². The zero-order chi connectivity index (χ0) is 19.6. The van der Waals surface area contributed by atoms with Gasteiger partial charge < -0.3 is 10.1 Å². The van der Waals surface area contributed by atoms with E-state index in [1.807, 2.05) is 18.2 Å². The van der Waals surface area contributed by atoms with E-state index in [2.05, 4.69) is 24.3 Å². The van der Waals surface area contributed by atoms with E-state index in [9.17, 15) is 4.79 Å². The number of hydrogen-bond donors (Lipinski definition) is 1. The predicted molar refractivity (Wildman–Crippen MR) is 110 cm³/mol. The Balaban J connectivity index is 1.87. The number of halogens is 1. The van der Waals surface area contributed by atoms with E-state index in [1.54, 1.807) is 35.2 Å². The third-order valence-corrected chi connectivity index (χ3v) is 4.58. The summed E-state index contributed by atoms with van der Waals surface area (Å²) in [6, 6.07) is 5.73. The van der Waals surface area contributed by atoms with E-state index in [0.29, 0.717) is 34.8 Å². The van der Waals surface area contributed by atoms with E-state index in [0.717, 1.165) is 16.9 Å². The fraction of sp³-hybridized carbons (Fsp3) is 0.316. The predicted octanol–water partition coefficient (Wildman–Crippen LogP) is 3.31. The summed E-state index contributed by atoms with van der Waals surface area (Å²) in [7, 11) is 1.62. The van der Waals surface area contributed by atoms with Crippen LogP contribution >= 0.6 is 23.8 Å². The minimum atomic E-state index is -0.107. The van der Waals surface area contributed by atoms with E-state index < -0.39 is 0 Å². The lowest BCUT2D eigenvalue weighted by Crippen LogP contribution is -2.33. The van der Waals surface area contributed by atoms with Crippen LogP contribution in [0.3, 0.4) is 0 Å². The maximum Gasteiger partial charge on any atom is 0.276 e. The van der Waals surface area contributed by atoms with Gasteiger partial charge in [-0.25, -0.2) is 0 Å². The lowest BCUT2D eigenvalue weighted by molar-refractivity contribution is -0.122. The largest absolute Gasteiger partial charge is 0.496 e. The van der Waals surface area contributed by atoms with Crippen LogP contribution in [0.5, 0.6) is 5.75 Å². The van der Waals surface area contributed by atoms with Crippen LogP contribution in [0.1, 0.15) is 25.0 Å². The molecule has 3 rings (SSSR count). The zero-order valence-electron chi connectivity index (χ0n) is 15.4. The lowest BCUT2D eigenvalue weighted by atomic mass is 10.1. The second kappa shape index (κ2) is 8.10. The number of amides is 1. The number of nitrogens with one attached hydrogen (secondary N) is 1. The number of aromatic nitrogens is 2. The van der Waals surface area contributed by atoms with Gasteiger partial charge in [-0.1, -0.05) is 31.5 Å². The van der Waals surface area contributed by atoms with Crippen molar-refractivity contribution in [2.45, 2.75) is 20.4 Å². The normalized spacial score (nSPS) is 15.7. The summed E-state index contributed by atoms with van der Waals surface area (Å²) in [4.78, 5) is 14.2. The smallest absolute Gasteiger partial charge is 0.276 e. The molecule has 0 unspecified atom stereocenters. The molecule has 0 spiro atoms. The van der Waals surface area contributed by atoms with Crippen LogP contribution in [0.15, 0.2) is 36.3 Å². The second-order valence-corrected chi connectivity index (χ2v) is 7.55. The first kappa shape index (κ1) is 19.4. The van der Waals surface area contributed by atoms with Crippen molar-refractivity contribution in [3.8, 4) is 5.75 Å². The SMILES string of the molecule is COc1ccc(/C=C2/NC(=S)N(CC(C)C)C2=O)cc1Cn1cc(Cl)cn1. The van der Waals surface area contributed by atoms with Crippen molar-refractivity contribution in [3.63, 3.8) is 0 Å². The molecule has 0 atom stereocenters. The first-order chi connectivity index (χ1) is 12.9. The van der Waals surface area contributed by atoms with Crippen LogP contribution in [0.25, 0.3) is 6.08 Å². The van der Waals surface area contributed by atoms with Crippen LogP contribution in [-0.4, -0.2) is 39.4 Å². The molecule has 2 aromatic rings. The molecular weight excluding hydrogens is 384 g/mol. The third kappa shape index (κ3) is 4.48. The molecule has 1 N–H and O–H groups in total. The van der Waals surface area contributed by atoms with Crippen LogP contribution < -0.4 is 10.1 Å². The van der Waals surface area contributed by atoms with Crippen LogP contribution in [0.2, 0.25) is 5.02 Å². The highest BCUT2D eigenvalue weighted by Gasteiger charge is 2.30. The van der Waals surface area contributed by atoms with Crippen molar-refractivity contribution >= 4 is 40.9 Å². The Hall–Kier alpha value is -2.38. The van der Waals surface area contributed by atoms with Gasteiger partial charge in [0.25, 0.3) is 5.91 Å². The molecular formula is C19H21ClN4O2S. The highest BCUT2D eigenvalue weighted by Crippen LogP contribution is 2.24. The van der Waals surface area contributed by atoms with Gasteiger partial charge in [-0.15, -0.1) is 0 Å². The van der Waals surface area contributed by atoms with Gasteiger partial charge in [0, 0.05) is 18.3 Å². The summed E-state index contributed by atoms with van der Waals surface area (Å²) in [6.07, 6.45) is 5.13. The molecule has 2 heterocycles. The first-order valence-corrected chi connectivity index (χ1v) is 9.35. The Bertz CT molecular complexity index is 907. The van der Waals surface area contributed by atoms with E-state index in [4.69, 9.17) is 28.6 Å². The van der Waals surface area contributed by atoms with Gasteiger partial charge in [-0.2, -0.15) is 5.10 Å². The molecule has 0 saturated carbocycles. The molecule has 1 fully saturated rings. The summed E-state index contributed by atoms with van der Waals surface area (Å²) in [5, 5.41) is 8.23. The summed E-state index contributed by atoms with van der Waals surface area (Å²) >= 11 is 11.2. The van der Waals surface area contributed by atoms with E-state index in [-0.39, 0.29) is 5.91 Å². The standard InChI is InChI=1S/C19H21ClN4O2S/c1-12(2)9-24-18(25)16(22-19(24)27)7-13-4-5-17(26-3)14(6-13)10-23-11-15(20)8-21-23/h4-8,11-12H,9-10H2,1-3H3,(H,22,27)/b16-7+. The van der Waals surface area contributed by atoms with E-state index >= 15 is 0 Å². The fourth-order valence-corrected chi connectivity index (χ4v) is 3.30. The monoisotopic (exact) mass is 404 g/mol. The summed E-state index contributed by atoms with van der Waals surface area (Å²) in [6.45, 7) is 5.20. The van der Waals surface area contributed by atoms with Crippen molar-refractivity contribution in [2.75, 3.05) is 13.7 Å². The van der Waals surface area contributed by atoms with Crippen molar-refractivity contribution < 1.29 is 9.53 Å². The quantitative estimate of drug-likeness (QED) is 0.591. The van der Waals surface area contributed by atoms with Crippen molar-refractivity contribution in [2.24, 2.45) is 5.92 Å². The molecule has 142 valence electrons. The minimum Gasteiger partial charge on any atom is -0.496 e. The van der Waals surface area contributed by atoms with Gasteiger partial charge in [0.1, 0.15) is 11.4 Å². The maximum absolute atomic E-state index is 12.6. The van der Waals surface area contributed by atoms with Gasteiger partial charge >= 0.3 is 0 Å². The molecule has 1 aromatic carbocycles. The zero-order valence-corrected chi connectivity index (χ0v) is 17.0. The van der Waals surface area contributed by atoms with Crippen molar-refractivity contribution in [3.05, 3.63) is 52.4 Å². The lowest BCUT2D eigenvalue weighted by Gasteiger charge is -2.16. The Morgan fingerprint density at radius 2 is 2.19 bits per heavy atom. The third-order valence-electron chi connectivity index (χ3n) is 4.06. The van der Waals surface area contributed by atoms with Gasteiger partial charge in [-0.05, 0) is 41.9 Å². The Kier molecular flexibility index (Phi) is 5.82. The van der Waals surface area contributed by atoms with Crippen LogP contribution in [0, 0.1) is 5.92 Å². The molecule has 1 aliphatic heterocycles. The Labute approximate surface area is 168 Å². The molecule has 0 radical (unpaired) electrons. The number of rotatable bonds is 6.